The van der Waals surface area contributed by atoms with Crippen molar-refractivity contribution in [1.82, 2.24) is 24.2 Å². The molecule has 0 bridgehead atoms. The van der Waals surface area contributed by atoms with Gasteiger partial charge in [0.1, 0.15) is 9.86 Å². The Kier molecular flexibility index (Phi) is 7.54. The van der Waals surface area contributed by atoms with E-state index in [0.29, 0.717) is 45.8 Å². The lowest BCUT2D eigenvalue weighted by Gasteiger charge is -2.23. The Labute approximate surface area is 239 Å². The monoisotopic (exact) mass is 628 g/mol. The summed E-state index contributed by atoms with van der Waals surface area (Å²) < 4.78 is 33.0. The molecule has 0 radical (unpaired) electrons. The van der Waals surface area contributed by atoms with Gasteiger partial charge in [-0.2, -0.15) is 9.36 Å². The van der Waals surface area contributed by atoms with Gasteiger partial charge in [0.05, 0.1) is 16.3 Å². The van der Waals surface area contributed by atoms with E-state index in [9.17, 15) is 13.2 Å². The largest absolute Gasteiger partial charge is 0.324 e. The van der Waals surface area contributed by atoms with Gasteiger partial charge in [-0.15, -0.1) is 0 Å². The number of hydrogen-bond acceptors (Lipinski definition) is 9. The van der Waals surface area contributed by atoms with Gasteiger partial charge >= 0.3 is 0 Å². The minimum absolute atomic E-state index is 0.0496. The third-order valence-corrected chi connectivity index (χ3v) is 12.0. The molecule has 6 rings (SSSR count). The fraction of sp³-hybridized carbons (Fsp3) is 0.407. The minimum atomic E-state index is -3.50. The Hall–Kier alpha value is -2.67. The highest BCUT2D eigenvalue weighted by Gasteiger charge is 2.33. The number of benzene rings is 1. The van der Waals surface area contributed by atoms with E-state index in [1.165, 1.54) is 10.1 Å². The van der Waals surface area contributed by atoms with Crippen LogP contribution in [0.25, 0.3) is 11.0 Å². The summed E-state index contributed by atoms with van der Waals surface area (Å²) in [4.78, 5) is 22.4. The molecule has 1 aliphatic carbocycles. The molecule has 1 saturated carbocycles. The van der Waals surface area contributed by atoms with Crippen LogP contribution in [0.2, 0.25) is 0 Å². The molecular formula is C27H29BrN6O3S2. The standard InChI is InChI=1S/C27H29BrN6O3S2/c28-23-13-19-14-30-27(32-21-7-5-17(6-8-21)18-9-11-29-12-10-18)33-24(19)34(25(23)35)16-20-15-31-38-26(20)39(36,37)22-3-1-2-4-22/h5-8,13-15,18,22,29H,1-4,9-12,16H2,(H,30,32,33). The average Bonchev–Trinajstić information content (AvgIpc) is 3.66. The molecule has 0 spiro atoms. The second-order valence-corrected chi connectivity index (χ2v) is 14.3. The number of fused-ring (bicyclic) bond motifs is 1. The summed E-state index contributed by atoms with van der Waals surface area (Å²) >= 11 is 4.34. The molecule has 39 heavy (non-hydrogen) atoms. The van der Waals surface area contributed by atoms with Crippen LogP contribution in [0.5, 0.6) is 0 Å². The van der Waals surface area contributed by atoms with E-state index in [0.717, 1.165) is 56.0 Å². The lowest BCUT2D eigenvalue weighted by Crippen LogP contribution is -2.26. The molecule has 2 aliphatic rings. The van der Waals surface area contributed by atoms with Crippen LogP contribution in [-0.2, 0) is 16.4 Å². The van der Waals surface area contributed by atoms with Crippen molar-refractivity contribution >= 4 is 60.0 Å². The summed E-state index contributed by atoms with van der Waals surface area (Å²) in [5, 5.41) is 6.94. The minimum Gasteiger partial charge on any atom is -0.324 e. The van der Waals surface area contributed by atoms with Crippen molar-refractivity contribution in [3.63, 3.8) is 0 Å². The number of hydrogen-bond donors (Lipinski definition) is 2. The van der Waals surface area contributed by atoms with Crippen molar-refractivity contribution in [1.29, 1.82) is 0 Å². The number of nitrogens with zero attached hydrogens (tertiary/aromatic N) is 4. The molecular weight excluding hydrogens is 600 g/mol. The molecule has 1 aromatic carbocycles. The van der Waals surface area contributed by atoms with Crippen LogP contribution in [0.15, 0.2) is 56.2 Å². The zero-order valence-electron chi connectivity index (χ0n) is 21.3. The highest BCUT2D eigenvalue weighted by molar-refractivity contribution is 9.10. The molecule has 4 heterocycles. The van der Waals surface area contributed by atoms with Gasteiger partial charge in [-0.1, -0.05) is 25.0 Å². The quantitative estimate of drug-likeness (QED) is 0.294. The van der Waals surface area contributed by atoms with Crippen LogP contribution in [0.3, 0.4) is 0 Å². The van der Waals surface area contributed by atoms with Gasteiger partial charge in [0, 0.05) is 29.0 Å². The first-order valence-corrected chi connectivity index (χ1v) is 16.3. The molecule has 0 atom stereocenters. The first kappa shape index (κ1) is 26.5. The lowest BCUT2D eigenvalue weighted by molar-refractivity contribution is 0.460. The first-order chi connectivity index (χ1) is 18.9. The highest BCUT2D eigenvalue weighted by atomic mass is 79.9. The second-order valence-electron chi connectivity index (χ2n) is 10.2. The predicted octanol–water partition coefficient (Wildman–Crippen LogP) is 4.99. The van der Waals surface area contributed by atoms with E-state index in [2.05, 4.69) is 53.0 Å². The van der Waals surface area contributed by atoms with Gasteiger partial charge < -0.3 is 10.6 Å². The van der Waals surface area contributed by atoms with Crippen molar-refractivity contribution in [3.8, 4) is 0 Å². The summed E-state index contributed by atoms with van der Waals surface area (Å²) in [5.74, 6) is 0.925. The summed E-state index contributed by atoms with van der Waals surface area (Å²) in [6, 6.07) is 10.0. The molecule has 4 aromatic rings. The Morgan fingerprint density at radius 2 is 1.82 bits per heavy atom. The number of pyridine rings is 1. The molecule has 0 unspecified atom stereocenters. The Morgan fingerprint density at radius 1 is 1.08 bits per heavy atom. The van der Waals surface area contributed by atoms with Gasteiger partial charge in [-0.25, -0.2) is 13.4 Å². The van der Waals surface area contributed by atoms with Crippen LogP contribution < -0.4 is 16.2 Å². The van der Waals surface area contributed by atoms with E-state index in [4.69, 9.17) is 0 Å². The van der Waals surface area contributed by atoms with E-state index in [-0.39, 0.29) is 21.6 Å². The molecule has 2 N–H and O–H groups in total. The number of sulfone groups is 1. The first-order valence-electron chi connectivity index (χ1n) is 13.2. The third-order valence-electron chi connectivity index (χ3n) is 7.69. The van der Waals surface area contributed by atoms with Crippen LogP contribution in [0.4, 0.5) is 11.6 Å². The van der Waals surface area contributed by atoms with Gasteiger partial charge in [-0.05, 0) is 95.9 Å². The molecule has 12 heteroatoms. The molecule has 1 aliphatic heterocycles. The van der Waals surface area contributed by atoms with Crippen LogP contribution >= 0.6 is 27.5 Å². The van der Waals surface area contributed by atoms with E-state index >= 15 is 0 Å². The number of anilines is 2. The molecule has 204 valence electrons. The Balaban J connectivity index is 1.31. The molecule has 3 aromatic heterocycles. The maximum Gasteiger partial charge on any atom is 0.266 e. The van der Waals surface area contributed by atoms with Crippen LogP contribution in [0.1, 0.15) is 55.6 Å². The van der Waals surface area contributed by atoms with E-state index < -0.39 is 9.84 Å². The zero-order chi connectivity index (χ0) is 27.0. The number of aromatic nitrogens is 4. The second kappa shape index (κ2) is 11.1. The smallest absolute Gasteiger partial charge is 0.266 e. The van der Waals surface area contributed by atoms with Crippen LogP contribution in [-0.4, -0.2) is 45.7 Å². The van der Waals surface area contributed by atoms with Crippen molar-refractivity contribution in [2.24, 2.45) is 0 Å². The lowest BCUT2D eigenvalue weighted by atomic mass is 9.90. The van der Waals surface area contributed by atoms with Crippen molar-refractivity contribution in [2.45, 2.75) is 60.4 Å². The number of halogens is 1. The van der Waals surface area contributed by atoms with Crippen molar-refractivity contribution < 1.29 is 8.42 Å². The van der Waals surface area contributed by atoms with Crippen molar-refractivity contribution in [3.05, 3.63) is 68.7 Å². The fourth-order valence-corrected chi connectivity index (χ4v) is 9.23. The number of piperidine rings is 1. The summed E-state index contributed by atoms with van der Waals surface area (Å²) in [6.45, 7) is 2.14. The van der Waals surface area contributed by atoms with Crippen molar-refractivity contribution in [2.75, 3.05) is 18.4 Å². The van der Waals surface area contributed by atoms with Gasteiger partial charge in [0.25, 0.3) is 5.56 Å². The summed E-state index contributed by atoms with van der Waals surface area (Å²) in [7, 11) is -3.50. The number of rotatable bonds is 7. The third kappa shape index (κ3) is 5.39. The fourth-order valence-electron chi connectivity index (χ4n) is 5.56. The highest BCUT2D eigenvalue weighted by Crippen LogP contribution is 2.34. The maximum atomic E-state index is 13.3. The normalized spacial score (nSPS) is 17.2. The Morgan fingerprint density at radius 3 is 2.56 bits per heavy atom. The Bertz CT molecular complexity index is 1660. The van der Waals surface area contributed by atoms with Gasteiger partial charge in [-0.3, -0.25) is 9.36 Å². The zero-order valence-corrected chi connectivity index (χ0v) is 24.5. The SMILES string of the molecule is O=c1c(Br)cc2cnc(Nc3ccc(C4CCNCC4)cc3)nc2n1Cc1cnsc1S(=O)(=O)C1CCCC1. The summed E-state index contributed by atoms with van der Waals surface area (Å²) in [5.41, 5.74) is 2.81. The predicted molar refractivity (Wildman–Crippen MR) is 157 cm³/mol. The maximum absolute atomic E-state index is 13.3. The number of nitrogens with one attached hydrogen (secondary N) is 2. The van der Waals surface area contributed by atoms with Gasteiger partial charge in [0.15, 0.2) is 9.84 Å². The van der Waals surface area contributed by atoms with E-state index in [1.54, 1.807) is 18.5 Å². The topological polar surface area (TPSA) is 119 Å². The van der Waals surface area contributed by atoms with Crippen LogP contribution in [0, 0.1) is 0 Å². The average molecular weight is 630 g/mol. The molecule has 9 nitrogen and oxygen atoms in total. The molecule has 2 fully saturated rings. The molecule has 0 amide bonds. The van der Waals surface area contributed by atoms with Gasteiger partial charge in [0.2, 0.25) is 5.95 Å². The van der Waals surface area contributed by atoms with E-state index in [1.807, 2.05) is 12.1 Å². The summed E-state index contributed by atoms with van der Waals surface area (Å²) in [6.07, 6.45) is 8.66. The molecule has 1 saturated heterocycles.